The minimum atomic E-state index is -1.04. The highest BCUT2D eigenvalue weighted by atomic mass is 35.5. The lowest BCUT2D eigenvalue weighted by Gasteiger charge is -2.36. The molecule has 0 aromatic heterocycles. The van der Waals surface area contributed by atoms with Crippen molar-refractivity contribution >= 4 is 46.4 Å². The molecule has 0 bridgehead atoms. The summed E-state index contributed by atoms with van der Waals surface area (Å²) in [5.41, 5.74) is 1.88. The number of nitrogens with one attached hydrogen (secondary N) is 2. The van der Waals surface area contributed by atoms with E-state index >= 15 is 0 Å². The van der Waals surface area contributed by atoms with Gasteiger partial charge < -0.3 is 15.4 Å². The van der Waals surface area contributed by atoms with Crippen LogP contribution in [0.3, 0.4) is 0 Å². The number of halogens is 1. The number of hydrogen-bond acceptors (Lipinski definition) is 4. The Bertz CT molecular complexity index is 1200. The average Bonchev–Trinajstić information content (AvgIpc) is 2.81. The summed E-state index contributed by atoms with van der Waals surface area (Å²) in [6.07, 6.45) is -0.236. The number of benzene rings is 3. The molecular formula is C25H22ClN3O4. The van der Waals surface area contributed by atoms with Crippen molar-refractivity contribution in [3.63, 3.8) is 0 Å². The van der Waals surface area contributed by atoms with Crippen molar-refractivity contribution in [1.29, 1.82) is 0 Å². The molecule has 0 unspecified atom stereocenters. The Morgan fingerprint density at radius 3 is 2.48 bits per heavy atom. The molecule has 1 heterocycles. The number of hydrogen-bond donors (Lipinski definition) is 2. The molecule has 0 radical (unpaired) electrons. The molecule has 3 amide bonds. The summed E-state index contributed by atoms with van der Waals surface area (Å²) in [6.45, 7) is 2.29. The topological polar surface area (TPSA) is 87.7 Å². The van der Waals surface area contributed by atoms with Gasteiger partial charge in [0.1, 0.15) is 11.8 Å². The summed E-state index contributed by atoms with van der Waals surface area (Å²) < 4.78 is 5.55. The van der Waals surface area contributed by atoms with Gasteiger partial charge in [0, 0.05) is 10.6 Å². The highest BCUT2D eigenvalue weighted by molar-refractivity contribution is 6.30. The van der Waals surface area contributed by atoms with Crippen molar-refractivity contribution in [2.45, 2.75) is 19.4 Å². The SMILES string of the molecule is CCOc1ccccc1NC(=O)C[C@H]1C(=O)Nc2ccccc2N1C(=O)c1ccc(Cl)cc1. The minimum Gasteiger partial charge on any atom is -0.492 e. The lowest BCUT2D eigenvalue weighted by molar-refractivity contribution is -0.122. The zero-order chi connectivity index (χ0) is 23.4. The van der Waals surface area contributed by atoms with Gasteiger partial charge in [0.2, 0.25) is 11.8 Å². The molecule has 3 aromatic carbocycles. The number of para-hydroxylation sites is 4. The van der Waals surface area contributed by atoms with Crippen molar-refractivity contribution in [3.05, 3.63) is 83.4 Å². The van der Waals surface area contributed by atoms with E-state index in [-0.39, 0.29) is 6.42 Å². The monoisotopic (exact) mass is 463 g/mol. The van der Waals surface area contributed by atoms with Gasteiger partial charge >= 0.3 is 0 Å². The molecule has 1 aliphatic heterocycles. The number of anilines is 3. The van der Waals surface area contributed by atoms with Crippen LogP contribution in [0.2, 0.25) is 5.02 Å². The summed E-state index contributed by atoms with van der Waals surface area (Å²) in [4.78, 5) is 40.8. The van der Waals surface area contributed by atoms with Gasteiger partial charge in [-0.3, -0.25) is 19.3 Å². The summed E-state index contributed by atoms with van der Waals surface area (Å²) >= 11 is 5.96. The second-order valence-electron chi connectivity index (χ2n) is 7.39. The highest BCUT2D eigenvalue weighted by Crippen LogP contribution is 2.34. The van der Waals surface area contributed by atoms with Crippen molar-refractivity contribution in [3.8, 4) is 5.75 Å². The molecule has 8 heteroatoms. The quantitative estimate of drug-likeness (QED) is 0.553. The Balaban J connectivity index is 1.64. The highest BCUT2D eigenvalue weighted by Gasteiger charge is 2.38. The fourth-order valence-corrected chi connectivity index (χ4v) is 3.81. The van der Waals surface area contributed by atoms with E-state index in [1.807, 2.05) is 6.92 Å². The molecule has 4 rings (SSSR count). The molecule has 0 saturated heterocycles. The summed E-state index contributed by atoms with van der Waals surface area (Å²) in [7, 11) is 0. The number of carbonyl (C=O) groups is 3. The zero-order valence-corrected chi connectivity index (χ0v) is 18.6. The lowest BCUT2D eigenvalue weighted by Crippen LogP contribution is -2.52. The standard InChI is InChI=1S/C25H22ClN3O4/c1-2-33-22-10-6-4-8-19(22)27-23(30)15-21-24(31)28-18-7-3-5-9-20(18)29(21)25(32)16-11-13-17(26)14-12-16/h3-14,21H,2,15H2,1H3,(H,27,30)(H,28,31)/t21-/m0/s1. The van der Waals surface area contributed by atoms with Crippen LogP contribution >= 0.6 is 11.6 Å². The first-order valence-electron chi connectivity index (χ1n) is 10.5. The Kier molecular flexibility index (Phi) is 6.60. The normalized spacial score (nSPS) is 14.8. The van der Waals surface area contributed by atoms with Gasteiger partial charge in [-0.1, -0.05) is 35.9 Å². The van der Waals surface area contributed by atoms with Gasteiger partial charge in [-0.2, -0.15) is 0 Å². The number of rotatable bonds is 6. The predicted octanol–water partition coefficient (Wildman–Crippen LogP) is 4.74. The lowest BCUT2D eigenvalue weighted by atomic mass is 10.0. The molecule has 168 valence electrons. The Morgan fingerprint density at radius 2 is 1.73 bits per heavy atom. The molecule has 0 fully saturated rings. The van der Waals surface area contributed by atoms with Gasteiger partial charge in [-0.15, -0.1) is 0 Å². The molecular weight excluding hydrogens is 442 g/mol. The van der Waals surface area contributed by atoms with E-state index in [0.717, 1.165) is 0 Å². The fraction of sp³-hybridized carbons (Fsp3) is 0.160. The van der Waals surface area contributed by atoms with Crippen molar-refractivity contribution in [2.75, 3.05) is 22.1 Å². The molecule has 0 aliphatic carbocycles. The Hall–Kier alpha value is -3.84. The largest absolute Gasteiger partial charge is 0.492 e. The number of amides is 3. The molecule has 33 heavy (non-hydrogen) atoms. The second-order valence-corrected chi connectivity index (χ2v) is 7.82. The zero-order valence-electron chi connectivity index (χ0n) is 17.9. The third-order valence-corrected chi connectivity index (χ3v) is 5.44. The van der Waals surface area contributed by atoms with E-state index in [2.05, 4.69) is 10.6 Å². The number of carbonyl (C=O) groups excluding carboxylic acids is 3. The van der Waals surface area contributed by atoms with E-state index in [1.54, 1.807) is 72.8 Å². The minimum absolute atomic E-state index is 0.236. The fourth-order valence-electron chi connectivity index (χ4n) is 3.69. The van der Waals surface area contributed by atoms with Gasteiger partial charge in [-0.25, -0.2) is 0 Å². The maximum atomic E-state index is 13.5. The third-order valence-electron chi connectivity index (χ3n) is 5.19. The molecule has 7 nitrogen and oxygen atoms in total. The van der Waals surface area contributed by atoms with Crippen LogP contribution in [0, 0.1) is 0 Å². The van der Waals surface area contributed by atoms with Crippen LogP contribution in [0.25, 0.3) is 0 Å². The molecule has 2 N–H and O–H groups in total. The average molecular weight is 464 g/mol. The first-order valence-corrected chi connectivity index (χ1v) is 10.9. The molecule has 1 aliphatic rings. The van der Waals surface area contributed by atoms with Gasteiger partial charge in [0.15, 0.2) is 0 Å². The van der Waals surface area contributed by atoms with Crippen molar-refractivity contribution < 1.29 is 19.1 Å². The van der Waals surface area contributed by atoms with E-state index < -0.39 is 23.8 Å². The first kappa shape index (κ1) is 22.4. The Labute approximate surface area is 196 Å². The van der Waals surface area contributed by atoms with E-state index in [4.69, 9.17) is 16.3 Å². The maximum absolute atomic E-state index is 13.5. The maximum Gasteiger partial charge on any atom is 0.259 e. The number of fused-ring (bicyclic) bond motifs is 1. The van der Waals surface area contributed by atoms with Crippen LogP contribution in [-0.4, -0.2) is 30.4 Å². The summed E-state index contributed by atoms with van der Waals surface area (Å²) in [5, 5.41) is 6.09. The van der Waals surface area contributed by atoms with Crippen LogP contribution in [0.1, 0.15) is 23.7 Å². The van der Waals surface area contributed by atoms with Crippen molar-refractivity contribution in [2.24, 2.45) is 0 Å². The van der Waals surface area contributed by atoms with Crippen LogP contribution in [-0.2, 0) is 9.59 Å². The number of nitrogens with zero attached hydrogens (tertiary/aromatic N) is 1. The van der Waals surface area contributed by atoms with Crippen LogP contribution in [0.5, 0.6) is 5.75 Å². The third kappa shape index (κ3) is 4.83. The smallest absolute Gasteiger partial charge is 0.259 e. The van der Waals surface area contributed by atoms with Crippen LogP contribution in [0.4, 0.5) is 17.1 Å². The second kappa shape index (κ2) is 9.75. The molecule has 0 spiro atoms. The molecule has 3 aromatic rings. The number of ether oxygens (including phenoxy) is 1. The van der Waals surface area contributed by atoms with E-state index in [9.17, 15) is 14.4 Å². The van der Waals surface area contributed by atoms with Gasteiger partial charge in [0.05, 0.1) is 30.1 Å². The van der Waals surface area contributed by atoms with Crippen LogP contribution in [0.15, 0.2) is 72.8 Å². The first-order chi connectivity index (χ1) is 16.0. The van der Waals surface area contributed by atoms with E-state index in [1.165, 1.54) is 4.90 Å². The van der Waals surface area contributed by atoms with Crippen LogP contribution < -0.4 is 20.3 Å². The summed E-state index contributed by atoms with van der Waals surface area (Å²) in [5.74, 6) is -0.734. The van der Waals surface area contributed by atoms with E-state index in [0.29, 0.717) is 40.0 Å². The summed E-state index contributed by atoms with van der Waals surface area (Å²) in [6, 6.07) is 19.4. The predicted molar refractivity (Wildman–Crippen MR) is 128 cm³/mol. The van der Waals surface area contributed by atoms with Gasteiger partial charge in [-0.05, 0) is 55.5 Å². The Morgan fingerprint density at radius 1 is 1.03 bits per heavy atom. The van der Waals surface area contributed by atoms with Crippen molar-refractivity contribution in [1.82, 2.24) is 0 Å². The molecule has 1 atom stereocenters. The molecule has 0 saturated carbocycles. The van der Waals surface area contributed by atoms with Gasteiger partial charge in [0.25, 0.3) is 5.91 Å².